The Bertz CT molecular complexity index is 1020. The van der Waals surface area contributed by atoms with Crippen molar-refractivity contribution in [1.29, 1.82) is 0 Å². The smallest absolute Gasteiger partial charge is 0.255 e. The normalized spacial score (nSPS) is 14.9. The molecule has 1 heterocycles. The first kappa shape index (κ1) is 23.7. The first-order valence-corrected chi connectivity index (χ1v) is 11.0. The van der Waals surface area contributed by atoms with Gasteiger partial charge in [-0.05, 0) is 42.7 Å². The topological polar surface area (TPSA) is 69.7 Å². The first-order valence-electron chi connectivity index (χ1n) is 10.6. The minimum atomic E-state index is -0.670. The Kier molecular flexibility index (Phi) is 7.51. The Labute approximate surface area is 192 Å². The van der Waals surface area contributed by atoms with E-state index in [-0.39, 0.29) is 34.2 Å². The fourth-order valence-corrected chi connectivity index (χ4v) is 3.97. The molecule has 32 heavy (non-hydrogen) atoms. The highest BCUT2D eigenvalue weighted by Gasteiger charge is 2.32. The summed E-state index contributed by atoms with van der Waals surface area (Å²) in [4.78, 5) is 41.9. The minimum absolute atomic E-state index is 0.0623. The van der Waals surface area contributed by atoms with E-state index < -0.39 is 11.9 Å². The maximum absolute atomic E-state index is 13.3. The third-order valence-electron chi connectivity index (χ3n) is 5.65. The number of carbonyl (C=O) groups is 3. The zero-order valence-electron chi connectivity index (χ0n) is 18.4. The molecule has 1 fully saturated rings. The van der Waals surface area contributed by atoms with Gasteiger partial charge in [0.25, 0.3) is 11.8 Å². The van der Waals surface area contributed by atoms with Gasteiger partial charge in [-0.15, -0.1) is 0 Å². The van der Waals surface area contributed by atoms with Crippen molar-refractivity contribution in [2.45, 2.75) is 26.8 Å². The van der Waals surface area contributed by atoms with Crippen LogP contribution in [-0.2, 0) is 4.79 Å². The standard InChI is InChI=1S/C24H27ClFN3O3/c1-15(2)21(27-22(30)18-7-5-4-6-16(18)3)24(32)29-12-10-28(11-13-29)23(31)19-9-8-17(26)14-20(19)25/h4-9,14-15,21H,10-13H2,1-3H3,(H,27,30). The van der Waals surface area contributed by atoms with Crippen molar-refractivity contribution in [2.24, 2.45) is 5.92 Å². The summed E-state index contributed by atoms with van der Waals surface area (Å²) in [7, 11) is 0. The molecule has 2 aromatic carbocycles. The monoisotopic (exact) mass is 459 g/mol. The summed E-state index contributed by atoms with van der Waals surface area (Å²) in [6.45, 7) is 6.96. The van der Waals surface area contributed by atoms with Gasteiger partial charge in [0.05, 0.1) is 10.6 Å². The number of amides is 3. The lowest BCUT2D eigenvalue weighted by molar-refractivity contribution is -0.135. The van der Waals surface area contributed by atoms with Crippen LogP contribution in [-0.4, -0.2) is 59.7 Å². The molecule has 170 valence electrons. The van der Waals surface area contributed by atoms with Crippen LogP contribution in [0.2, 0.25) is 5.02 Å². The van der Waals surface area contributed by atoms with Crippen LogP contribution in [0.5, 0.6) is 0 Å². The lowest BCUT2D eigenvalue weighted by Gasteiger charge is -2.37. The van der Waals surface area contributed by atoms with Gasteiger partial charge >= 0.3 is 0 Å². The summed E-state index contributed by atoms with van der Waals surface area (Å²) in [6.07, 6.45) is 0. The predicted octanol–water partition coefficient (Wildman–Crippen LogP) is 3.53. The molecule has 1 atom stereocenters. The Balaban J connectivity index is 1.64. The van der Waals surface area contributed by atoms with E-state index in [1.165, 1.54) is 12.1 Å². The van der Waals surface area contributed by atoms with Gasteiger partial charge in [-0.1, -0.05) is 43.6 Å². The van der Waals surface area contributed by atoms with Crippen LogP contribution in [0, 0.1) is 18.7 Å². The molecule has 1 N–H and O–H groups in total. The molecule has 1 aliphatic rings. The summed E-state index contributed by atoms with van der Waals surface area (Å²) in [6, 6.07) is 10.2. The highest BCUT2D eigenvalue weighted by Crippen LogP contribution is 2.20. The molecule has 0 aliphatic carbocycles. The van der Waals surface area contributed by atoms with Crippen LogP contribution < -0.4 is 5.32 Å². The van der Waals surface area contributed by atoms with Gasteiger partial charge in [0.15, 0.2) is 0 Å². The predicted molar refractivity (Wildman–Crippen MR) is 121 cm³/mol. The number of nitrogens with one attached hydrogen (secondary N) is 1. The largest absolute Gasteiger partial charge is 0.340 e. The number of benzene rings is 2. The number of aryl methyl sites for hydroxylation is 1. The molecule has 1 unspecified atom stereocenters. The van der Waals surface area contributed by atoms with Crippen molar-refractivity contribution in [3.8, 4) is 0 Å². The molecule has 0 spiro atoms. The number of hydrogen-bond donors (Lipinski definition) is 1. The van der Waals surface area contributed by atoms with Gasteiger partial charge in [-0.2, -0.15) is 0 Å². The number of carbonyl (C=O) groups excluding carboxylic acids is 3. The van der Waals surface area contributed by atoms with E-state index in [0.29, 0.717) is 31.7 Å². The lowest BCUT2D eigenvalue weighted by atomic mass is 10.0. The van der Waals surface area contributed by atoms with Gasteiger partial charge in [0.2, 0.25) is 5.91 Å². The summed E-state index contributed by atoms with van der Waals surface area (Å²) < 4.78 is 13.3. The van der Waals surface area contributed by atoms with Gasteiger partial charge < -0.3 is 15.1 Å². The SMILES string of the molecule is Cc1ccccc1C(=O)NC(C(=O)N1CCN(C(=O)c2ccc(F)cc2Cl)CC1)C(C)C. The van der Waals surface area contributed by atoms with Crippen molar-refractivity contribution in [1.82, 2.24) is 15.1 Å². The van der Waals surface area contributed by atoms with E-state index in [1.54, 1.807) is 21.9 Å². The third kappa shape index (κ3) is 5.27. The maximum Gasteiger partial charge on any atom is 0.255 e. The number of rotatable bonds is 5. The Hall–Kier alpha value is -2.93. The van der Waals surface area contributed by atoms with Crippen LogP contribution in [0.1, 0.15) is 40.1 Å². The van der Waals surface area contributed by atoms with E-state index in [4.69, 9.17) is 11.6 Å². The second-order valence-corrected chi connectivity index (χ2v) is 8.66. The zero-order valence-corrected chi connectivity index (χ0v) is 19.2. The number of piperazine rings is 1. The fourth-order valence-electron chi connectivity index (χ4n) is 3.72. The van der Waals surface area contributed by atoms with Gasteiger partial charge in [0, 0.05) is 31.7 Å². The number of halogens is 2. The zero-order chi connectivity index (χ0) is 23.4. The molecule has 2 aromatic rings. The Morgan fingerprint density at radius 3 is 2.19 bits per heavy atom. The molecule has 1 aliphatic heterocycles. The second-order valence-electron chi connectivity index (χ2n) is 8.25. The summed E-state index contributed by atoms with van der Waals surface area (Å²) in [5.74, 6) is -1.36. The van der Waals surface area contributed by atoms with Crippen molar-refractivity contribution in [2.75, 3.05) is 26.2 Å². The highest BCUT2D eigenvalue weighted by molar-refractivity contribution is 6.33. The molecule has 8 heteroatoms. The van der Waals surface area contributed by atoms with Crippen LogP contribution >= 0.6 is 11.6 Å². The Morgan fingerprint density at radius 2 is 1.59 bits per heavy atom. The van der Waals surface area contributed by atoms with Crippen LogP contribution in [0.25, 0.3) is 0 Å². The van der Waals surface area contributed by atoms with Crippen LogP contribution in [0.15, 0.2) is 42.5 Å². The third-order valence-corrected chi connectivity index (χ3v) is 5.96. The number of nitrogens with zero attached hydrogens (tertiary/aromatic N) is 2. The molecule has 3 rings (SSSR count). The van der Waals surface area contributed by atoms with E-state index >= 15 is 0 Å². The number of hydrogen-bond acceptors (Lipinski definition) is 3. The minimum Gasteiger partial charge on any atom is -0.340 e. The van der Waals surface area contributed by atoms with Crippen molar-refractivity contribution in [3.05, 3.63) is 70.0 Å². The van der Waals surface area contributed by atoms with Crippen molar-refractivity contribution >= 4 is 29.3 Å². The summed E-state index contributed by atoms with van der Waals surface area (Å²) >= 11 is 6.02. The van der Waals surface area contributed by atoms with Crippen LogP contribution in [0.4, 0.5) is 4.39 Å². The Morgan fingerprint density at radius 1 is 0.969 bits per heavy atom. The van der Waals surface area contributed by atoms with E-state index in [9.17, 15) is 18.8 Å². The van der Waals surface area contributed by atoms with E-state index in [1.807, 2.05) is 32.9 Å². The molecular formula is C24H27ClFN3O3. The molecule has 1 saturated heterocycles. The summed E-state index contributed by atoms with van der Waals surface area (Å²) in [5.41, 5.74) is 1.61. The molecule has 0 bridgehead atoms. The van der Waals surface area contributed by atoms with Gasteiger partial charge in [-0.25, -0.2) is 4.39 Å². The molecule has 3 amide bonds. The molecule has 0 saturated carbocycles. The fraction of sp³-hybridized carbons (Fsp3) is 0.375. The first-order chi connectivity index (χ1) is 15.2. The second kappa shape index (κ2) is 10.1. The van der Waals surface area contributed by atoms with Crippen LogP contribution in [0.3, 0.4) is 0 Å². The quantitative estimate of drug-likeness (QED) is 0.743. The summed E-state index contributed by atoms with van der Waals surface area (Å²) in [5, 5.41) is 2.94. The van der Waals surface area contributed by atoms with Crippen molar-refractivity contribution < 1.29 is 18.8 Å². The average molecular weight is 460 g/mol. The highest BCUT2D eigenvalue weighted by atomic mass is 35.5. The molecule has 0 aromatic heterocycles. The molecule has 0 radical (unpaired) electrons. The van der Waals surface area contributed by atoms with Crippen molar-refractivity contribution in [3.63, 3.8) is 0 Å². The van der Waals surface area contributed by atoms with Gasteiger partial charge in [0.1, 0.15) is 11.9 Å². The average Bonchev–Trinajstić information content (AvgIpc) is 2.76. The molecule has 6 nitrogen and oxygen atoms in total. The maximum atomic E-state index is 13.3. The lowest BCUT2D eigenvalue weighted by Crippen LogP contribution is -2.57. The van der Waals surface area contributed by atoms with E-state index in [0.717, 1.165) is 11.6 Å². The van der Waals surface area contributed by atoms with E-state index in [2.05, 4.69) is 5.32 Å². The van der Waals surface area contributed by atoms with Gasteiger partial charge in [-0.3, -0.25) is 14.4 Å². The molecular weight excluding hydrogens is 433 g/mol.